The number of hydrogen-bond acceptors (Lipinski definition) is 3. The highest BCUT2D eigenvalue weighted by atomic mass is 16.1. The summed E-state index contributed by atoms with van der Waals surface area (Å²) in [4.78, 5) is 16.0. The van der Waals surface area contributed by atoms with Crippen molar-refractivity contribution < 1.29 is 4.79 Å². The van der Waals surface area contributed by atoms with E-state index in [4.69, 9.17) is 5.73 Å². The lowest BCUT2D eigenvalue weighted by atomic mass is 10.1. The number of nitrogen functional groups attached to an aromatic ring is 1. The highest BCUT2D eigenvalue weighted by Gasteiger charge is 2.28. The molecule has 0 bridgehead atoms. The second kappa shape index (κ2) is 4.73. The lowest BCUT2D eigenvalue weighted by molar-refractivity contribution is 0.0947. The van der Waals surface area contributed by atoms with E-state index >= 15 is 0 Å². The van der Waals surface area contributed by atoms with Crippen LogP contribution >= 0.6 is 0 Å². The third-order valence-electron chi connectivity index (χ3n) is 3.33. The zero-order valence-corrected chi connectivity index (χ0v) is 10.4. The molecule has 1 heterocycles. The van der Waals surface area contributed by atoms with E-state index in [0.29, 0.717) is 17.2 Å². The number of hydrogen-bond donors (Lipinski definition) is 2. The average molecular weight is 233 g/mol. The first kappa shape index (κ1) is 11.9. The van der Waals surface area contributed by atoms with Gasteiger partial charge in [0.25, 0.3) is 5.91 Å². The Morgan fingerprint density at radius 3 is 2.94 bits per heavy atom. The maximum atomic E-state index is 11.9. The van der Waals surface area contributed by atoms with Crippen molar-refractivity contribution in [3.63, 3.8) is 0 Å². The molecule has 1 unspecified atom stereocenters. The molecule has 3 N–H and O–H groups in total. The number of anilines is 1. The third kappa shape index (κ3) is 2.96. The number of rotatable bonds is 4. The van der Waals surface area contributed by atoms with Crippen molar-refractivity contribution in [2.45, 2.75) is 26.7 Å². The van der Waals surface area contributed by atoms with Crippen LogP contribution in [-0.2, 0) is 0 Å². The summed E-state index contributed by atoms with van der Waals surface area (Å²) in [6.45, 7) is 4.75. The van der Waals surface area contributed by atoms with Crippen molar-refractivity contribution in [3.05, 3.63) is 23.5 Å². The molecule has 1 aliphatic carbocycles. The Kier molecular flexibility index (Phi) is 3.31. The largest absolute Gasteiger partial charge is 0.398 e. The van der Waals surface area contributed by atoms with Crippen molar-refractivity contribution in [3.8, 4) is 0 Å². The van der Waals surface area contributed by atoms with Crippen LogP contribution in [0.2, 0.25) is 0 Å². The molecular formula is C13H19N3O. The zero-order chi connectivity index (χ0) is 12.4. The number of nitrogens with zero attached hydrogens (tertiary/aromatic N) is 1. The monoisotopic (exact) mass is 233 g/mol. The number of aromatic nitrogens is 1. The quantitative estimate of drug-likeness (QED) is 0.832. The summed E-state index contributed by atoms with van der Waals surface area (Å²) >= 11 is 0. The number of carbonyl (C=O) groups is 1. The Labute approximate surface area is 102 Å². The standard InChI is InChI=1S/C13H19N3O/c1-8(10-3-4-10)6-16-13(17)11-7-15-9(2)5-12(11)14/h5,7-8,10H,3-4,6H2,1-2H3,(H2,14,15)(H,16,17). The number of amides is 1. The Balaban J connectivity index is 1.94. The van der Waals surface area contributed by atoms with E-state index in [2.05, 4.69) is 17.2 Å². The van der Waals surface area contributed by atoms with Crippen LogP contribution in [0, 0.1) is 18.8 Å². The zero-order valence-electron chi connectivity index (χ0n) is 10.4. The molecule has 1 atom stereocenters. The predicted octanol–water partition coefficient (Wildman–Crippen LogP) is 1.75. The van der Waals surface area contributed by atoms with E-state index in [1.165, 1.54) is 12.8 Å². The normalized spacial score (nSPS) is 16.6. The molecule has 1 aromatic heterocycles. The Bertz CT molecular complexity index is 427. The van der Waals surface area contributed by atoms with Crippen molar-refractivity contribution in [1.29, 1.82) is 0 Å². The maximum absolute atomic E-state index is 11.9. The maximum Gasteiger partial charge on any atom is 0.254 e. The molecule has 1 amide bonds. The number of aryl methyl sites for hydroxylation is 1. The highest BCUT2D eigenvalue weighted by Crippen LogP contribution is 2.36. The fourth-order valence-electron chi connectivity index (χ4n) is 1.95. The molecule has 1 fully saturated rings. The van der Waals surface area contributed by atoms with Crippen LogP contribution in [0.25, 0.3) is 0 Å². The van der Waals surface area contributed by atoms with Gasteiger partial charge < -0.3 is 11.1 Å². The second-order valence-electron chi connectivity index (χ2n) is 4.94. The van der Waals surface area contributed by atoms with Gasteiger partial charge in [-0.25, -0.2) is 0 Å². The molecule has 92 valence electrons. The first-order valence-corrected chi connectivity index (χ1v) is 6.08. The van der Waals surface area contributed by atoms with Gasteiger partial charge in [0, 0.05) is 24.1 Å². The van der Waals surface area contributed by atoms with Crippen LogP contribution in [0.15, 0.2) is 12.3 Å². The average Bonchev–Trinajstić information content (AvgIpc) is 3.09. The molecule has 0 aromatic carbocycles. The van der Waals surface area contributed by atoms with Gasteiger partial charge in [-0.3, -0.25) is 9.78 Å². The minimum Gasteiger partial charge on any atom is -0.398 e. The Morgan fingerprint density at radius 2 is 2.35 bits per heavy atom. The van der Waals surface area contributed by atoms with Crippen LogP contribution in [0.1, 0.15) is 35.8 Å². The molecule has 4 heteroatoms. The first-order valence-electron chi connectivity index (χ1n) is 6.08. The van der Waals surface area contributed by atoms with Crippen LogP contribution in [0.3, 0.4) is 0 Å². The number of nitrogens with two attached hydrogens (primary N) is 1. The van der Waals surface area contributed by atoms with E-state index in [1.807, 2.05) is 6.92 Å². The summed E-state index contributed by atoms with van der Waals surface area (Å²) < 4.78 is 0. The molecule has 0 saturated heterocycles. The topological polar surface area (TPSA) is 68.0 Å². The summed E-state index contributed by atoms with van der Waals surface area (Å²) in [7, 11) is 0. The lowest BCUT2D eigenvalue weighted by Crippen LogP contribution is -2.29. The number of carbonyl (C=O) groups excluding carboxylic acids is 1. The fraction of sp³-hybridized carbons (Fsp3) is 0.538. The van der Waals surface area contributed by atoms with Crippen molar-refractivity contribution >= 4 is 11.6 Å². The molecule has 1 saturated carbocycles. The van der Waals surface area contributed by atoms with Gasteiger partial charge in [0.15, 0.2) is 0 Å². The molecule has 17 heavy (non-hydrogen) atoms. The van der Waals surface area contributed by atoms with E-state index in [0.717, 1.165) is 18.2 Å². The van der Waals surface area contributed by atoms with Crippen LogP contribution in [0.4, 0.5) is 5.69 Å². The second-order valence-corrected chi connectivity index (χ2v) is 4.94. The summed E-state index contributed by atoms with van der Waals surface area (Å²) in [5.41, 5.74) is 7.59. The van der Waals surface area contributed by atoms with E-state index in [9.17, 15) is 4.79 Å². The smallest absolute Gasteiger partial charge is 0.254 e. The fourth-order valence-corrected chi connectivity index (χ4v) is 1.95. The van der Waals surface area contributed by atoms with Crippen molar-refractivity contribution in [2.75, 3.05) is 12.3 Å². The molecular weight excluding hydrogens is 214 g/mol. The van der Waals surface area contributed by atoms with Gasteiger partial charge in [-0.2, -0.15) is 0 Å². The predicted molar refractivity (Wildman–Crippen MR) is 67.6 cm³/mol. The molecule has 2 rings (SSSR count). The van der Waals surface area contributed by atoms with Gasteiger partial charge in [0.2, 0.25) is 0 Å². The van der Waals surface area contributed by atoms with E-state index in [-0.39, 0.29) is 5.91 Å². The minimum atomic E-state index is -0.123. The summed E-state index contributed by atoms with van der Waals surface area (Å²) in [5, 5.41) is 2.92. The van der Waals surface area contributed by atoms with Crippen molar-refractivity contribution in [1.82, 2.24) is 10.3 Å². The van der Waals surface area contributed by atoms with Crippen LogP contribution in [0.5, 0.6) is 0 Å². The van der Waals surface area contributed by atoms with Gasteiger partial charge in [0.05, 0.1) is 5.56 Å². The van der Waals surface area contributed by atoms with Gasteiger partial charge in [-0.05, 0) is 37.7 Å². The first-order chi connectivity index (χ1) is 8.08. The van der Waals surface area contributed by atoms with Crippen LogP contribution in [-0.4, -0.2) is 17.4 Å². The molecule has 1 aromatic rings. The molecule has 0 radical (unpaired) electrons. The summed E-state index contributed by atoms with van der Waals surface area (Å²) in [6, 6.07) is 1.72. The third-order valence-corrected chi connectivity index (χ3v) is 3.33. The molecule has 4 nitrogen and oxygen atoms in total. The highest BCUT2D eigenvalue weighted by molar-refractivity contribution is 5.98. The Morgan fingerprint density at radius 1 is 1.65 bits per heavy atom. The van der Waals surface area contributed by atoms with E-state index in [1.54, 1.807) is 12.3 Å². The van der Waals surface area contributed by atoms with Gasteiger partial charge >= 0.3 is 0 Å². The summed E-state index contributed by atoms with van der Waals surface area (Å²) in [6.07, 6.45) is 4.14. The van der Waals surface area contributed by atoms with Gasteiger partial charge in [-0.1, -0.05) is 6.92 Å². The SMILES string of the molecule is Cc1cc(N)c(C(=O)NCC(C)C2CC2)cn1. The minimum absolute atomic E-state index is 0.123. The van der Waals surface area contributed by atoms with E-state index < -0.39 is 0 Å². The van der Waals surface area contributed by atoms with Crippen molar-refractivity contribution in [2.24, 2.45) is 11.8 Å². The van der Waals surface area contributed by atoms with Gasteiger partial charge in [0.1, 0.15) is 0 Å². The van der Waals surface area contributed by atoms with Gasteiger partial charge in [-0.15, -0.1) is 0 Å². The molecule has 0 aliphatic heterocycles. The summed E-state index contributed by atoms with van der Waals surface area (Å²) in [5.74, 6) is 1.23. The number of pyridine rings is 1. The lowest BCUT2D eigenvalue weighted by Gasteiger charge is -2.12. The molecule has 1 aliphatic rings. The Hall–Kier alpha value is -1.58. The number of nitrogens with one attached hydrogen (secondary N) is 1. The molecule has 0 spiro atoms. The van der Waals surface area contributed by atoms with Crippen LogP contribution < -0.4 is 11.1 Å².